The maximum atomic E-state index is 5.29. The Morgan fingerprint density at radius 1 is 1.25 bits per heavy atom. The summed E-state index contributed by atoms with van der Waals surface area (Å²) in [6, 6.07) is 8.11. The molecule has 0 radical (unpaired) electrons. The number of anilines is 1. The van der Waals surface area contributed by atoms with Crippen LogP contribution < -0.4 is 10.2 Å². The minimum absolute atomic E-state index is 0.681. The van der Waals surface area contributed by atoms with Crippen LogP contribution in [0.15, 0.2) is 40.4 Å². The third kappa shape index (κ3) is 4.39. The molecule has 3 rings (SSSR count). The van der Waals surface area contributed by atoms with E-state index in [4.69, 9.17) is 4.52 Å². The molecule has 0 aliphatic heterocycles. The Morgan fingerprint density at radius 2 is 2.17 bits per heavy atom. The highest BCUT2D eigenvalue weighted by Crippen LogP contribution is 2.21. The third-order valence-electron chi connectivity index (χ3n) is 3.55. The van der Waals surface area contributed by atoms with Crippen LogP contribution in [0.2, 0.25) is 0 Å². The van der Waals surface area contributed by atoms with Gasteiger partial charge in [-0.05, 0) is 36.0 Å². The molecule has 0 saturated heterocycles. The Bertz CT molecular complexity index is 737. The quantitative estimate of drug-likeness (QED) is 0.634. The highest BCUT2D eigenvalue weighted by molar-refractivity contribution is 7.13. The smallest absolute Gasteiger partial charge is 0.227 e. The van der Waals surface area contributed by atoms with Crippen molar-refractivity contribution in [1.82, 2.24) is 20.4 Å². The van der Waals surface area contributed by atoms with Crippen LogP contribution >= 0.6 is 11.3 Å². The first-order valence-corrected chi connectivity index (χ1v) is 8.80. The molecule has 126 valence electrons. The fourth-order valence-electron chi connectivity index (χ4n) is 2.25. The molecule has 0 aliphatic rings. The lowest BCUT2D eigenvalue weighted by Gasteiger charge is -2.11. The zero-order valence-corrected chi connectivity index (χ0v) is 14.7. The van der Waals surface area contributed by atoms with Crippen molar-refractivity contribution in [1.29, 1.82) is 0 Å². The predicted octanol–water partition coefficient (Wildman–Crippen LogP) is 2.98. The Kier molecular flexibility index (Phi) is 5.55. The van der Waals surface area contributed by atoms with Gasteiger partial charge in [-0.3, -0.25) is 0 Å². The second-order valence-corrected chi connectivity index (χ2v) is 6.64. The molecule has 3 heterocycles. The van der Waals surface area contributed by atoms with E-state index in [1.54, 1.807) is 11.3 Å². The topological polar surface area (TPSA) is 67.1 Å². The summed E-state index contributed by atoms with van der Waals surface area (Å²) in [4.78, 5) is 11.9. The average Bonchev–Trinajstić information content (AvgIpc) is 3.26. The molecular formula is C17H21N5OS. The molecule has 3 aromatic rings. The Balaban J connectivity index is 1.38. The zero-order valence-electron chi connectivity index (χ0n) is 13.9. The van der Waals surface area contributed by atoms with Gasteiger partial charge in [-0.15, -0.1) is 11.3 Å². The van der Waals surface area contributed by atoms with Gasteiger partial charge in [0.2, 0.25) is 11.7 Å². The van der Waals surface area contributed by atoms with Crippen molar-refractivity contribution in [2.75, 3.05) is 25.5 Å². The number of hydrogen-bond acceptors (Lipinski definition) is 7. The van der Waals surface area contributed by atoms with Gasteiger partial charge in [0.05, 0.1) is 4.88 Å². The molecule has 0 aromatic carbocycles. The second-order valence-electron chi connectivity index (χ2n) is 5.69. The molecule has 0 atom stereocenters. The first-order chi connectivity index (χ1) is 11.7. The standard InChI is InChI=1S/C17H21N5OS/c1-22(2)15-8-7-13(12-19-15)11-18-9-3-6-16-20-17(21-23-16)14-5-4-10-24-14/h4-5,7-8,10,12,18H,3,6,9,11H2,1-2H3. The van der Waals surface area contributed by atoms with E-state index in [-0.39, 0.29) is 0 Å². The zero-order chi connectivity index (χ0) is 16.8. The van der Waals surface area contributed by atoms with Crippen molar-refractivity contribution in [2.24, 2.45) is 0 Å². The van der Waals surface area contributed by atoms with Gasteiger partial charge < -0.3 is 14.7 Å². The molecular weight excluding hydrogens is 322 g/mol. The molecule has 0 amide bonds. The number of thiophene rings is 1. The van der Waals surface area contributed by atoms with Crippen LogP contribution in [0, 0.1) is 0 Å². The van der Waals surface area contributed by atoms with E-state index < -0.39 is 0 Å². The van der Waals surface area contributed by atoms with E-state index in [1.807, 2.05) is 48.8 Å². The highest BCUT2D eigenvalue weighted by atomic mass is 32.1. The van der Waals surface area contributed by atoms with Crippen LogP contribution in [0.3, 0.4) is 0 Å². The minimum Gasteiger partial charge on any atom is -0.363 e. The maximum absolute atomic E-state index is 5.29. The number of nitrogens with zero attached hydrogens (tertiary/aromatic N) is 4. The predicted molar refractivity (Wildman–Crippen MR) is 96.2 cm³/mol. The number of aromatic nitrogens is 3. The summed E-state index contributed by atoms with van der Waals surface area (Å²) < 4.78 is 5.29. The normalized spacial score (nSPS) is 10.9. The first kappa shape index (κ1) is 16.6. The van der Waals surface area contributed by atoms with Crippen LogP contribution in [0.5, 0.6) is 0 Å². The molecule has 7 heteroatoms. The van der Waals surface area contributed by atoms with Crippen LogP contribution in [0.4, 0.5) is 5.82 Å². The number of aryl methyl sites for hydroxylation is 1. The summed E-state index contributed by atoms with van der Waals surface area (Å²) in [5, 5.41) is 9.44. The SMILES string of the molecule is CN(C)c1ccc(CNCCCc2nc(-c3cccs3)no2)cn1. The van der Waals surface area contributed by atoms with E-state index in [1.165, 1.54) is 5.56 Å². The molecule has 24 heavy (non-hydrogen) atoms. The van der Waals surface area contributed by atoms with Gasteiger partial charge in [0.25, 0.3) is 0 Å². The molecule has 0 spiro atoms. The van der Waals surface area contributed by atoms with Crippen molar-refractivity contribution in [3.63, 3.8) is 0 Å². The lowest BCUT2D eigenvalue weighted by Crippen LogP contribution is -2.16. The van der Waals surface area contributed by atoms with Crippen LogP contribution in [-0.4, -0.2) is 35.8 Å². The summed E-state index contributed by atoms with van der Waals surface area (Å²) in [6.45, 7) is 1.71. The monoisotopic (exact) mass is 343 g/mol. The molecule has 1 N–H and O–H groups in total. The summed E-state index contributed by atoms with van der Waals surface area (Å²) >= 11 is 1.62. The van der Waals surface area contributed by atoms with Crippen LogP contribution in [-0.2, 0) is 13.0 Å². The average molecular weight is 343 g/mol. The van der Waals surface area contributed by atoms with Gasteiger partial charge in [-0.25, -0.2) is 4.98 Å². The first-order valence-electron chi connectivity index (χ1n) is 7.92. The van der Waals surface area contributed by atoms with E-state index in [2.05, 4.69) is 26.5 Å². The largest absolute Gasteiger partial charge is 0.363 e. The number of nitrogens with one attached hydrogen (secondary N) is 1. The number of hydrogen-bond donors (Lipinski definition) is 1. The van der Waals surface area contributed by atoms with Gasteiger partial charge >= 0.3 is 0 Å². The van der Waals surface area contributed by atoms with Gasteiger partial charge in [0.1, 0.15) is 5.82 Å². The summed E-state index contributed by atoms with van der Waals surface area (Å²) in [6.07, 6.45) is 3.64. The van der Waals surface area contributed by atoms with Gasteiger partial charge in [0, 0.05) is 33.3 Å². The van der Waals surface area contributed by atoms with Crippen LogP contribution in [0.25, 0.3) is 10.7 Å². The van der Waals surface area contributed by atoms with E-state index in [0.29, 0.717) is 11.7 Å². The summed E-state index contributed by atoms with van der Waals surface area (Å²) in [5.74, 6) is 2.34. The fourth-order valence-corrected chi connectivity index (χ4v) is 2.89. The van der Waals surface area contributed by atoms with Crippen LogP contribution in [0.1, 0.15) is 17.9 Å². The van der Waals surface area contributed by atoms with Gasteiger partial charge in [-0.1, -0.05) is 17.3 Å². The molecule has 0 unspecified atom stereocenters. The van der Waals surface area contributed by atoms with Crippen molar-refractivity contribution >= 4 is 17.2 Å². The molecule has 6 nitrogen and oxygen atoms in total. The van der Waals surface area contributed by atoms with E-state index >= 15 is 0 Å². The molecule has 0 aliphatic carbocycles. The highest BCUT2D eigenvalue weighted by Gasteiger charge is 2.08. The lowest BCUT2D eigenvalue weighted by atomic mass is 10.2. The lowest BCUT2D eigenvalue weighted by molar-refractivity contribution is 0.375. The van der Waals surface area contributed by atoms with E-state index in [0.717, 1.165) is 36.6 Å². The molecule has 0 bridgehead atoms. The van der Waals surface area contributed by atoms with Crippen molar-refractivity contribution < 1.29 is 4.52 Å². The molecule has 0 fully saturated rings. The van der Waals surface area contributed by atoms with E-state index in [9.17, 15) is 0 Å². The maximum Gasteiger partial charge on any atom is 0.227 e. The Labute approximate surface area is 145 Å². The molecule has 3 aromatic heterocycles. The van der Waals surface area contributed by atoms with Crippen molar-refractivity contribution in [3.05, 3.63) is 47.3 Å². The number of pyridine rings is 1. The van der Waals surface area contributed by atoms with Gasteiger partial charge in [0.15, 0.2) is 0 Å². The fraction of sp³-hybridized carbons (Fsp3) is 0.353. The second kappa shape index (κ2) is 8.03. The summed E-state index contributed by atoms with van der Waals surface area (Å²) in [5.41, 5.74) is 1.18. The van der Waals surface area contributed by atoms with Crippen molar-refractivity contribution in [3.8, 4) is 10.7 Å². The minimum atomic E-state index is 0.681. The Morgan fingerprint density at radius 3 is 2.88 bits per heavy atom. The Hall–Kier alpha value is -2.25. The number of rotatable bonds is 8. The summed E-state index contributed by atoms with van der Waals surface area (Å²) in [7, 11) is 3.98. The van der Waals surface area contributed by atoms with Gasteiger partial charge in [-0.2, -0.15) is 4.98 Å². The molecule has 0 saturated carbocycles. The van der Waals surface area contributed by atoms with Crippen molar-refractivity contribution in [2.45, 2.75) is 19.4 Å². The third-order valence-corrected chi connectivity index (χ3v) is 4.42.